The minimum Gasteiger partial charge on any atom is -0.617 e. The van der Waals surface area contributed by atoms with Gasteiger partial charge in [0.1, 0.15) is 21.6 Å². The number of thiazole rings is 1. The highest BCUT2D eigenvalue weighted by Gasteiger charge is 2.25. The molecule has 0 saturated heterocycles. The van der Waals surface area contributed by atoms with Crippen molar-refractivity contribution in [1.29, 1.82) is 0 Å². The Morgan fingerprint density at radius 2 is 2.26 bits per heavy atom. The summed E-state index contributed by atoms with van der Waals surface area (Å²) in [6, 6.07) is 1.30. The number of hydrogen-bond acceptors (Lipinski definition) is 5. The van der Waals surface area contributed by atoms with Gasteiger partial charge in [0.2, 0.25) is 5.91 Å². The average molecular weight is 376 g/mol. The summed E-state index contributed by atoms with van der Waals surface area (Å²) in [5.41, 5.74) is 0.492. The molecule has 0 aliphatic carbocycles. The number of aromatic nitrogens is 2. The maximum atomic E-state index is 13.3. The van der Waals surface area contributed by atoms with E-state index in [1.54, 1.807) is 20.2 Å². The van der Waals surface area contributed by atoms with Crippen LogP contribution in [0.15, 0.2) is 18.5 Å². The van der Waals surface area contributed by atoms with Crippen molar-refractivity contribution in [3.8, 4) is 10.6 Å². The molecule has 0 fully saturated rings. The highest BCUT2D eigenvalue weighted by atomic mass is 35.5. The van der Waals surface area contributed by atoms with Crippen molar-refractivity contribution in [3.05, 3.63) is 29.4 Å². The maximum Gasteiger partial charge on any atom is 0.234 e. The second-order valence-corrected chi connectivity index (χ2v) is 7.86. The van der Waals surface area contributed by atoms with E-state index in [0.29, 0.717) is 15.6 Å². The SMILES string of the molecule is CC(C[S+](C)[O-])C(=O)N(C)c1sc(-c2cncc(F)c2)nc1Cl. The molecule has 0 N–H and O–H groups in total. The fourth-order valence-corrected chi connectivity index (χ4v) is 4.14. The Labute approximate surface area is 145 Å². The Morgan fingerprint density at radius 1 is 1.57 bits per heavy atom. The fourth-order valence-electron chi connectivity index (χ4n) is 2.01. The van der Waals surface area contributed by atoms with E-state index < -0.39 is 22.9 Å². The van der Waals surface area contributed by atoms with E-state index in [1.165, 1.54) is 28.5 Å². The third kappa shape index (κ3) is 4.41. The standard InChI is InChI=1S/C14H15ClFN3O2S2/c1-8(7-23(3)21)13(20)19(2)14-11(15)18-12(22-14)9-4-10(16)6-17-5-9/h4-6,8H,7H2,1-3H3. The minimum absolute atomic E-state index is 0.162. The summed E-state index contributed by atoms with van der Waals surface area (Å²) in [4.78, 5) is 21.7. The van der Waals surface area contributed by atoms with Gasteiger partial charge in [-0.15, -0.1) is 0 Å². The molecule has 2 heterocycles. The lowest BCUT2D eigenvalue weighted by atomic mass is 10.2. The molecule has 0 aliphatic heterocycles. The number of rotatable bonds is 5. The summed E-state index contributed by atoms with van der Waals surface area (Å²) in [5, 5.41) is 1.10. The van der Waals surface area contributed by atoms with E-state index in [9.17, 15) is 13.7 Å². The molecular formula is C14H15ClFN3O2S2. The van der Waals surface area contributed by atoms with Crippen molar-refractivity contribution in [1.82, 2.24) is 9.97 Å². The van der Waals surface area contributed by atoms with Gasteiger partial charge in [0, 0.05) is 18.8 Å². The van der Waals surface area contributed by atoms with Crippen LogP contribution in [0.25, 0.3) is 10.6 Å². The van der Waals surface area contributed by atoms with Crippen LogP contribution in [0.3, 0.4) is 0 Å². The third-order valence-electron chi connectivity index (χ3n) is 3.06. The van der Waals surface area contributed by atoms with E-state index in [0.717, 1.165) is 6.20 Å². The van der Waals surface area contributed by atoms with Gasteiger partial charge in [0.25, 0.3) is 0 Å². The summed E-state index contributed by atoms with van der Waals surface area (Å²) in [7, 11) is 1.59. The predicted octanol–water partition coefficient (Wildman–Crippen LogP) is 2.98. The van der Waals surface area contributed by atoms with Crippen molar-refractivity contribution in [2.75, 3.05) is 24.0 Å². The molecule has 1 amide bonds. The lowest BCUT2D eigenvalue weighted by Crippen LogP contribution is -2.34. The molecule has 0 spiro atoms. The normalized spacial score (nSPS) is 13.7. The molecule has 0 bridgehead atoms. The van der Waals surface area contributed by atoms with E-state index >= 15 is 0 Å². The zero-order valence-corrected chi connectivity index (χ0v) is 15.1. The molecule has 2 aromatic heterocycles. The molecule has 2 unspecified atom stereocenters. The summed E-state index contributed by atoms with van der Waals surface area (Å²) in [5.74, 6) is -0.794. The van der Waals surface area contributed by atoms with Crippen molar-refractivity contribution >= 4 is 45.0 Å². The van der Waals surface area contributed by atoms with Crippen LogP contribution in [0.2, 0.25) is 5.15 Å². The van der Waals surface area contributed by atoms with Crippen LogP contribution in [-0.4, -0.2) is 39.5 Å². The van der Waals surface area contributed by atoms with Gasteiger partial charge in [-0.3, -0.25) is 9.78 Å². The van der Waals surface area contributed by atoms with Crippen LogP contribution < -0.4 is 4.90 Å². The first kappa shape index (κ1) is 18.1. The first-order chi connectivity index (χ1) is 10.8. The zero-order chi connectivity index (χ0) is 17.1. The zero-order valence-electron chi connectivity index (χ0n) is 12.7. The second kappa shape index (κ2) is 7.57. The van der Waals surface area contributed by atoms with Crippen LogP contribution in [0.1, 0.15) is 6.92 Å². The Kier molecular flexibility index (Phi) is 5.96. The number of halogens is 2. The van der Waals surface area contributed by atoms with Crippen LogP contribution in [0, 0.1) is 11.7 Å². The topological polar surface area (TPSA) is 69.2 Å². The van der Waals surface area contributed by atoms with Crippen molar-refractivity contribution < 1.29 is 13.7 Å². The van der Waals surface area contributed by atoms with Gasteiger partial charge in [-0.25, -0.2) is 9.37 Å². The highest BCUT2D eigenvalue weighted by molar-refractivity contribution is 7.90. The van der Waals surface area contributed by atoms with E-state index in [1.807, 2.05) is 0 Å². The van der Waals surface area contributed by atoms with Gasteiger partial charge in [-0.2, -0.15) is 0 Å². The van der Waals surface area contributed by atoms with Gasteiger partial charge in [-0.05, 0) is 13.0 Å². The molecule has 5 nitrogen and oxygen atoms in total. The molecule has 2 atom stereocenters. The quantitative estimate of drug-likeness (QED) is 0.753. The van der Waals surface area contributed by atoms with Crippen LogP contribution in [-0.2, 0) is 16.0 Å². The Balaban J connectivity index is 2.25. The monoisotopic (exact) mass is 375 g/mol. The summed E-state index contributed by atoms with van der Waals surface area (Å²) < 4.78 is 24.5. The maximum absolute atomic E-state index is 13.3. The smallest absolute Gasteiger partial charge is 0.234 e. The number of anilines is 1. The van der Waals surface area contributed by atoms with Crippen LogP contribution in [0.5, 0.6) is 0 Å². The molecule has 0 aliphatic rings. The Morgan fingerprint density at radius 3 is 2.87 bits per heavy atom. The second-order valence-electron chi connectivity index (χ2n) is 5.04. The Hall–Kier alpha value is -1.22. The van der Waals surface area contributed by atoms with Gasteiger partial charge in [0.15, 0.2) is 5.15 Å². The summed E-state index contributed by atoms with van der Waals surface area (Å²) >= 11 is 6.22. The molecule has 2 rings (SSSR count). The molecular weight excluding hydrogens is 361 g/mol. The number of carbonyl (C=O) groups is 1. The highest BCUT2D eigenvalue weighted by Crippen LogP contribution is 2.37. The third-order valence-corrected chi connectivity index (χ3v) is 5.59. The molecule has 23 heavy (non-hydrogen) atoms. The molecule has 2 aromatic rings. The van der Waals surface area contributed by atoms with Crippen molar-refractivity contribution in [2.45, 2.75) is 6.92 Å². The number of hydrogen-bond donors (Lipinski definition) is 0. The molecule has 0 saturated carbocycles. The average Bonchev–Trinajstić information content (AvgIpc) is 2.87. The molecule has 124 valence electrons. The first-order valence-corrected chi connectivity index (χ1v) is 9.56. The predicted molar refractivity (Wildman–Crippen MR) is 91.8 cm³/mol. The summed E-state index contributed by atoms with van der Waals surface area (Å²) in [6.07, 6.45) is 4.13. The molecule has 0 aromatic carbocycles. The van der Waals surface area contributed by atoms with Gasteiger partial charge in [0.05, 0.1) is 18.4 Å². The van der Waals surface area contributed by atoms with Gasteiger partial charge >= 0.3 is 0 Å². The van der Waals surface area contributed by atoms with E-state index in [2.05, 4.69) is 9.97 Å². The van der Waals surface area contributed by atoms with E-state index in [4.69, 9.17) is 11.6 Å². The van der Waals surface area contributed by atoms with Crippen molar-refractivity contribution in [3.63, 3.8) is 0 Å². The van der Waals surface area contributed by atoms with Crippen LogP contribution in [0.4, 0.5) is 9.39 Å². The number of nitrogens with zero attached hydrogens (tertiary/aromatic N) is 3. The Bertz CT molecular complexity index is 711. The lowest BCUT2D eigenvalue weighted by molar-refractivity contribution is -0.120. The molecule has 9 heteroatoms. The van der Waals surface area contributed by atoms with Crippen molar-refractivity contribution in [2.24, 2.45) is 5.92 Å². The number of carbonyl (C=O) groups excluding carboxylic acids is 1. The summed E-state index contributed by atoms with van der Waals surface area (Å²) in [6.45, 7) is 1.71. The largest absolute Gasteiger partial charge is 0.617 e. The van der Waals surface area contributed by atoms with E-state index in [-0.39, 0.29) is 16.8 Å². The molecule has 0 radical (unpaired) electrons. The van der Waals surface area contributed by atoms with Crippen LogP contribution >= 0.6 is 22.9 Å². The number of amides is 1. The lowest BCUT2D eigenvalue weighted by Gasteiger charge is -2.19. The first-order valence-electron chi connectivity index (χ1n) is 6.64. The van der Waals surface area contributed by atoms with Gasteiger partial charge in [-0.1, -0.05) is 34.1 Å². The fraction of sp³-hybridized carbons (Fsp3) is 0.357. The number of pyridine rings is 1. The minimum atomic E-state index is -1.06. The van der Waals surface area contributed by atoms with Gasteiger partial charge < -0.3 is 9.45 Å².